The first kappa shape index (κ1) is 18.2. The van der Waals surface area contributed by atoms with Gasteiger partial charge in [-0.25, -0.2) is 4.79 Å². The van der Waals surface area contributed by atoms with E-state index in [0.29, 0.717) is 6.54 Å². The van der Waals surface area contributed by atoms with Crippen LogP contribution in [0.1, 0.15) is 18.1 Å². The van der Waals surface area contributed by atoms with Crippen molar-refractivity contribution in [2.24, 2.45) is 0 Å². The monoisotopic (exact) mass is 327 g/mol. The first-order chi connectivity index (χ1) is 11.5. The fourth-order valence-electron chi connectivity index (χ4n) is 2.88. The fourth-order valence-corrected chi connectivity index (χ4v) is 2.88. The zero-order chi connectivity index (χ0) is 17.6. The quantitative estimate of drug-likeness (QED) is 0.733. The van der Waals surface area contributed by atoms with Gasteiger partial charge in [-0.1, -0.05) is 60.7 Å². The summed E-state index contributed by atoms with van der Waals surface area (Å²) in [5, 5.41) is 0. The van der Waals surface area contributed by atoms with Crippen LogP contribution in [0, 0.1) is 0 Å². The molecular weight excluding hydrogens is 302 g/mol. The Kier molecular flexibility index (Phi) is 6.12. The first-order valence-electron chi connectivity index (χ1n) is 8.02. The molecule has 0 saturated carbocycles. The lowest BCUT2D eigenvalue weighted by Gasteiger charge is -2.32. The predicted molar refractivity (Wildman–Crippen MR) is 94.8 cm³/mol. The Labute approximate surface area is 144 Å². The second-order valence-electron chi connectivity index (χ2n) is 6.10. The van der Waals surface area contributed by atoms with Crippen LogP contribution in [-0.4, -0.2) is 44.7 Å². The number of ether oxygens (including phenoxy) is 2. The van der Waals surface area contributed by atoms with Crippen LogP contribution in [0.2, 0.25) is 0 Å². The van der Waals surface area contributed by atoms with Crippen molar-refractivity contribution < 1.29 is 14.3 Å². The maximum absolute atomic E-state index is 13.1. The van der Waals surface area contributed by atoms with E-state index in [-0.39, 0.29) is 6.10 Å². The van der Waals surface area contributed by atoms with E-state index in [1.54, 1.807) is 0 Å². The van der Waals surface area contributed by atoms with Gasteiger partial charge in [-0.2, -0.15) is 0 Å². The second-order valence-corrected chi connectivity index (χ2v) is 6.10. The standard InChI is InChI=1S/C20H25NO3/c1-16(15-21(2)3)24-19(22)20(23-4,17-11-7-5-8-12-17)18-13-9-6-10-14-18/h5-14,16H,15H2,1-4H3/t16-/m0/s1. The molecule has 0 heterocycles. The highest BCUT2D eigenvalue weighted by molar-refractivity contribution is 5.86. The van der Waals surface area contributed by atoms with E-state index in [4.69, 9.17) is 9.47 Å². The molecule has 0 N–H and O–H groups in total. The minimum atomic E-state index is -1.27. The molecule has 0 fully saturated rings. The summed E-state index contributed by atoms with van der Waals surface area (Å²) >= 11 is 0. The van der Waals surface area contributed by atoms with Crippen LogP contribution in [0.5, 0.6) is 0 Å². The van der Waals surface area contributed by atoms with Crippen LogP contribution in [0.15, 0.2) is 60.7 Å². The molecule has 0 spiro atoms. The van der Waals surface area contributed by atoms with E-state index >= 15 is 0 Å². The van der Waals surface area contributed by atoms with Gasteiger partial charge in [-0.15, -0.1) is 0 Å². The maximum atomic E-state index is 13.1. The lowest BCUT2D eigenvalue weighted by Crippen LogP contribution is -2.43. The number of esters is 1. The lowest BCUT2D eigenvalue weighted by atomic mass is 9.86. The van der Waals surface area contributed by atoms with Crippen molar-refractivity contribution in [3.63, 3.8) is 0 Å². The van der Waals surface area contributed by atoms with Crippen molar-refractivity contribution >= 4 is 5.97 Å². The average Bonchev–Trinajstić information content (AvgIpc) is 2.57. The minimum Gasteiger partial charge on any atom is -0.459 e. The number of carbonyl (C=O) groups is 1. The number of carbonyl (C=O) groups excluding carboxylic acids is 1. The highest BCUT2D eigenvalue weighted by Gasteiger charge is 2.44. The average molecular weight is 327 g/mol. The number of hydrogen-bond acceptors (Lipinski definition) is 4. The van der Waals surface area contributed by atoms with Gasteiger partial charge in [-0.05, 0) is 32.1 Å². The highest BCUT2D eigenvalue weighted by atomic mass is 16.6. The van der Waals surface area contributed by atoms with E-state index in [0.717, 1.165) is 11.1 Å². The smallest absolute Gasteiger partial charge is 0.348 e. The molecule has 0 aliphatic carbocycles. The molecule has 2 aromatic rings. The minimum absolute atomic E-state index is 0.241. The predicted octanol–water partition coefficient (Wildman–Crippen LogP) is 3.07. The Balaban J connectivity index is 2.45. The van der Waals surface area contributed by atoms with Gasteiger partial charge in [0.2, 0.25) is 5.60 Å². The van der Waals surface area contributed by atoms with Crippen molar-refractivity contribution in [3.05, 3.63) is 71.8 Å². The molecule has 2 rings (SSSR count). The summed E-state index contributed by atoms with van der Waals surface area (Å²) in [6, 6.07) is 18.9. The number of rotatable bonds is 7. The van der Waals surface area contributed by atoms with Crippen LogP contribution in [-0.2, 0) is 19.9 Å². The Hall–Kier alpha value is -2.17. The summed E-state index contributed by atoms with van der Waals surface area (Å²) in [6.07, 6.45) is -0.241. The van der Waals surface area contributed by atoms with Crippen LogP contribution < -0.4 is 0 Å². The number of nitrogens with zero attached hydrogens (tertiary/aromatic N) is 1. The lowest BCUT2D eigenvalue weighted by molar-refractivity contribution is -0.170. The molecule has 0 radical (unpaired) electrons. The van der Waals surface area contributed by atoms with Gasteiger partial charge in [0, 0.05) is 13.7 Å². The van der Waals surface area contributed by atoms with Gasteiger partial charge < -0.3 is 14.4 Å². The van der Waals surface area contributed by atoms with E-state index in [9.17, 15) is 4.79 Å². The molecular formula is C20H25NO3. The normalized spacial score (nSPS) is 12.9. The Bertz CT molecular complexity index is 601. The summed E-state index contributed by atoms with van der Waals surface area (Å²) in [4.78, 5) is 15.1. The van der Waals surface area contributed by atoms with Gasteiger partial charge in [0.25, 0.3) is 0 Å². The van der Waals surface area contributed by atoms with E-state index in [1.807, 2.05) is 86.6 Å². The van der Waals surface area contributed by atoms with Crippen LogP contribution >= 0.6 is 0 Å². The molecule has 0 aromatic heterocycles. The molecule has 0 bridgehead atoms. The van der Waals surface area contributed by atoms with Crippen molar-refractivity contribution in [3.8, 4) is 0 Å². The largest absolute Gasteiger partial charge is 0.459 e. The molecule has 0 aliphatic rings. The number of benzene rings is 2. The summed E-state index contributed by atoms with van der Waals surface area (Å²) < 4.78 is 11.5. The van der Waals surface area contributed by atoms with Gasteiger partial charge in [-0.3, -0.25) is 0 Å². The van der Waals surface area contributed by atoms with Crippen molar-refractivity contribution in [2.45, 2.75) is 18.6 Å². The first-order valence-corrected chi connectivity index (χ1v) is 8.02. The molecule has 0 amide bonds. The summed E-state index contributed by atoms with van der Waals surface area (Å²) in [5.74, 6) is -0.406. The Morgan fingerprint density at radius 2 is 1.46 bits per heavy atom. The third kappa shape index (κ3) is 3.83. The van der Waals surface area contributed by atoms with E-state index < -0.39 is 11.6 Å². The third-order valence-corrected chi connectivity index (χ3v) is 3.88. The van der Waals surface area contributed by atoms with Gasteiger partial charge in [0.1, 0.15) is 6.10 Å². The highest BCUT2D eigenvalue weighted by Crippen LogP contribution is 2.35. The van der Waals surface area contributed by atoms with Crippen molar-refractivity contribution in [2.75, 3.05) is 27.7 Å². The molecule has 1 atom stereocenters. The molecule has 4 nitrogen and oxygen atoms in total. The van der Waals surface area contributed by atoms with Crippen LogP contribution in [0.4, 0.5) is 0 Å². The zero-order valence-corrected chi connectivity index (χ0v) is 14.7. The molecule has 2 aromatic carbocycles. The summed E-state index contributed by atoms with van der Waals surface area (Å²) in [6.45, 7) is 2.53. The number of methoxy groups -OCH3 is 1. The molecule has 24 heavy (non-hydrogen) atoms. The maximum Gasteiger partial charge on any atom is 0.348 e. The number of hydrogen-bond donors (Lipinski definition) is 0. The summed E-state index contributed by atoms with van der Waals surface area (Å²) in [5.41, 5.74) is 0.227. The van der Waals surface area contributed by atoms with Crippen LogP contribution in [0.25, 0.3) is 0 Å². The van der Waals surface area contributed by atoms with Gasteiger partial charge in [0.05, 0.1) is 0 Å². The van der Waals surface area contributed by atoms with Gasteiger partial charge >= 0.3 is 5.97 Å². The summed E-state index contributed by atoms with van der Waals surface area (Å²) in [7, 11) is 5.43. The topological polar surface area (TPSA) is 38.8 Å². The third-order valence-electron chi connectivity index (χ3n) is 3.88. The Morgan fingerprint density at radius 1 is 1.00 bits per heavy atom. The van der Waals surface area contributed by atoms with Crippen molar-refractivity contribution in [1.29, 1.82) is 0 Å². The van der Waals surface area contributed by atoms with Crippen molar-refractivity contribution in [1.82, 2.24) is 4.90 Å². The molecule has 128 valence electrons. The zero-order valence-electron chi connectivity index (χ0n) is 14.7. The van der Waals surface area contributed by atoms with Gasteiger partial charge in [0.15, 0.2) is 0 Å². The fraction of sp³-hybridized carbons (Fsp3) is 0.350. The number of likely N-dealkylation sites (N-methyl/N-ethyl adjacent to an activating group) is 1. The Morgan fingerprint density at radius 3 is 1.83 bits per heavy atom. The van der Waals surface area contributed by atoms with E-state index in [1.165, 1.54) is 7.11 Å². The molecule has 0 unspecified atom stereocenters. The van der Waals surface area contributed by atoms with E-state index in [2.05, 4.69) is 0 Å². The molecule has 4 heteroatoms. The SMILES string of the molecule is COC(C(=O)O[C@@H](C)CN(C)C)(c1ccccc1)c1ccccc1. The second kappa shape index (κ2) is 8.08. The molecule has 0 saturated heterocycles. The van der Waals surface area contributed by atoms with Crippen LogP contribution in [0.3, 0.4) is 0 Å². The molecule has 0 aliphatic heterocycles.